The van der Waals surface area contributed by atoms with Gasteiger partial charge in [-0.15, -0.1) is 0 Å². The molecule has 3 heterocycles. The molecule has 1 aliphatic carbocycles. The highest BCUT2D eigenvalue weighted by Crippen LogP contribution is 2.35. The molecule has 0 aromatic carbocycles. The van der Waals surface area contributed by atoms with Crippen molar-refractivity contribution in [2.75, 3.05) is 6.54 Å². The van der Waals surface area contributed by atoms with Crippen molar-refractivity contribution < 1.29 is 4.79 Å². The Balaban J connectivity index is 1.61. The van der Waals surface area contributed by atoms with E-state index in [0.717, 1.165) is 36.1 Å². The van der Waals surface area contributed by atoms with Crippen LogP contribution in [0.2, 0.25) is 0 Å². The molecular formula is C19H26N4O. The third kappa shape index (κ3) is 2.60. The fourth-order valence-corrected chi connectivity index (χ4v) is 4.64. The van der Waals surface area contributed by atoms with Crippen molar-refractivity contribution in [3.05, 3.63) is 23.5 Å². The molecule has 128 valence electrons. The minimum absolute atomic E-state index is 0.153. The fraction of sp³-hybridized carbons (Fsp3) is 0.632. The summed E-state index contributed by atoms with van der Waals surface area (Å²) in [6.07, 6.45) is 10.6. The first-order valence-electron chi connectivity index (χ1n) is 9.25. The molecule has 0 spiro atoms. The Morgan fingerprint density at radius 2 is 1.96 bits per heavy atom. The maximum absolute atomic E-state index is 13.1. The van der Waals surface area contributed by atoms with Crippen molar-refractivity contribution in [3.8, 4) is 0 Å². The minimum atomic E-state index is 0.153. The lowest BCUT2D eigenvalue weighted by molar-refractivity contribution is 0.0661. The summed E-state index contributed by atoms with van der Waals surface area (Å²) in [7, 11) is 1.89. The summed E-state index contributed by atoms with van der Waals surface area (Å²) >= 11 is 0. The van der Waals surface area contributed by atoms with Crippen molar-refractivity contribution in [3.63, 3.8) is 0 Å². The number of carbonyl (C=O) groups excluding carboxylic acids is 1. The van der Waals surface area contributed by atoms with Crippen LogP contribution in [0, 0.1) is 12.8 Å². The number of fused-ring (bicyclic) bond motifs is 1. The van der Waals surface area contributed by atoms with E-state index >= 15 is 0 Å². The van der Waals surface area contributed by atoms with Gasteiger partial charge in [0.2, 0.25) is 0 Å². The van der Waals surface area contributed by atoms with Gasteiger partial charge in [-0.1, -0.05) is 19.3 Å². The average molecular weight is 326 g/mol. The lowest BCUT2D eigenvalue weighted by Crippen LogP contribution is -2.40. The van der Waals surface area contributed by atoms with Gasteiger partial charge < -0.3 is 4.90 Å². The predicted molar refractivity (Wildman–Crippen MR) is 93.9 cm³/mol. The highest BCUT2D eigenvalue weighted by molar-refractivity contribution is 5.97. The van der Waals surface area contributed by atoms with Gasteiger partial charge >= 0.3 is 0 Å². The standard InChI is InChI=1S/C19H26N4O/c1-13-16-11-15(12-20-18(16)22(2)21-13)19(24)23-10-6-9-17(23)14-7-4-3-5-8-14/h11-12,14,17H,3-10H2,1-2H3. The molecule has 0 radical (unpaired) electrons. The van der Waals surface area contributed by atoms with E-state index in [1.54, 1.807) is 10.9 Å². The quantitative estimate of drug-likeness (QED) is 0.849. The Bertz CT molecular complexity index is 760. The van der Waals surface area contributed by atoms with Crippen LogP contribution in [0.1, 0.15) is 61.0 Å². The van der Waals surface area contributed by atoms with Gasteiger partial charge in [-0.2, -0.15) is 5.10 Å². The third-order valence-corrected chi connectivity index (χ3v) is 5.86. The highest BCUT2D eigenvalue weighted by Gasteiger charge is 2.35. The first kappa shape index (κ1) is 15.6. The van der Waals surface area contributed by atoms with Crippen LogP contribution in [-0.4, -0.2) is 38.2 Å². The lowest BCUT2D eigenvalue weighted by Gasteiger charge is -2.34. The summed E-state index contributed by atoms with van der Waals surface area (Å²) in [5.41, 5.74) is 2.48. The molecule has 0 bridgehead atoms. The lowest BCUT2D eigenvalue weighted by atomic mass is 9.83. The van der Waals surface area contributed by atoms with Crippen molar-refractivity contribution >= 4 is 16.9 Å². The molecule has 0 N–H and O–H groups in total. The van der Waals surface area contributed by atoms with Crippen molar-refractivity contribution in [2.45, 2.75) is 57.9 Å². The van der Waals surface area contributed by atoms with Gasteiger partial charge in [-0.05, 0) is 44.6 Å². The summed E-state index contributed by atoms with van der Waals surface area (Å²) in [4.78, 5) is 19.7. The van der Waals surface area contributed by atoms with E-state index in [9.17, 15) is 4.79 Å². The SMILES string of the molecule is Cc1nn(C)c2ncc(C(=O)N3CCCC3C3CCCCC3)cc12. The molecule has 1 amide bonds. The van der Waals surface area contributed by atoms with Crippen LogP contribution in [0.5, 0.6) is 0 Å². The minimum Gasteiger partial charge on any atom is -0.335 e. The molecule has 4 rings (SSSR count). The predicted octanol–water partition coefficient (Wildman–Crippen LogP) is 3.46. The van der Waals surface area contributed by atoms with E-state index in [4.69, 9.17) is 0 Å². The Hall–Kier alpha value is -1.91. The normalized spacial score (nSPS) is 22.4. The van der Waals surface area contributed by atoms with Crippen molar-refractivity contribution in [1.82, 2.24) is 19.7 Å². The number of carbonyl (C=O) groups is 1. The van der Waals surface area contributed by atoms with Gasteiger partial charge in [0.15, 0.2) is 5.65 Å². The van der Waals surface area contributed by atoms with E-state index in [-0.39, 0.29) is 5.91 Å². The van der Waals surface area contributed by atoms with E-state index in [2.05, 4.69) is 15.0 Å². The third-order valence-electron chi connectivity index (χ3n) is 5.86. The molecule has 2 fully saturated rings. The average Bonchev–Trinajstić information content (AvgIpc) is 3.20. The first-order valence-corrected chi connectivity index (χ1v) is 9.25. The number of aryl methyl sites for hydroxylation is 2. The van der Waals surface area contributed by atoms with Crippen molar-refractivity contribution in [2.24, 2.45) is 13.0 Å². The molecular weight excluding hydrogens is 300 g/mol. The van der Waals surface area contributed by atoms with E-state index in [1.165, 1.54) is 32.1 Å². The number of aromatic nitrogens is 3. The van der Waals surface area contributed by atoms with E-state index in [1.807, 2.05) is 20.0 Å². The van der Waals surface area contributed by atoms with E-state index in [0.29, 0.717) is 17.5 Å². The molecule has 2 aliphatic rings. The molecule has 24 heavy (non-hydrogen) atoms. The number of amides is 1. The molecule has 2 aromatic rings. The van der Waals surface area contributed by atoms with Crippen LogP contribution in [-0.2, 0) is 7.05 Å². The fourth-order valence-electron chi connectivity index (χ4n) is 4.64. The summed E-state index contributed by atoms with van der Waals surface area (Å²) in [6.45, 7) is 2.86. The summed E-state index contributed by atoms with van der Waals surface area (Å²) < 4.78 is 1.78. The zero-order chi connectivity index (χ0) is 16.7. The maximum atomic E-state index is 13.1. The van der Waals surface area contributed by atoms with Crippen molar-refractivity contribution in [1.29, 1.82) is 0 Å². The number of rotatable bonds is 2. The van der Waals surface area contributed by atoms with Gasteiger partial charge in [-0.25, -0.2) is 4.98 Å². The Kier molecular flexibility index (Phi) is 4.02. The maximum Gasteiger partial charge on any atom is 0.255 e. The monoisotopic (exact) mass is 326 g/mol. The molecule has 5 heteroatoms. The second kappa shape index (κ2) is 6.19. The van der Waals surface area contributed by atoms with Gasteiger partial charge in [-0.3, -0.25) is 9.48 Å². The summed E-state index contributed by atoms with van der Waals surface area (Å²) in [6, 6.07) is 2.41. The van der Waals surface area contributed by atoms with Crippen LogP contribution in [0.3, 0.4) is 0 Å². The molecule has 2 aromatic heterocycles. The van der Waals surface area contributed by atoms with Gasteiger partial charge in [0.05, 0.1) is 11.3 Å². The number of hydrogen-bond acceptors (Lipinski definition) is 3. The van der Waals surface area contributed by atoms with E-state index < -0.39 is 0 Å². The number of nitrogens with zero attached hydrogens (tertiary/aromatic N) is 4. The smallest absolute Gasteiger partial charge is 0.255 e. The topological polar surface area (TPSA) is 51.0 Å². The molecule has 1 aliphatic heterocycles. The molecule has 1 saturated heterocycles. The zero-order valence-corrected chi connectivity index (χ0v) is 14.7. The molecule has 1 atom stereocenters. The number of likely N-dealkylation sites (tertiary alicyclic amines) is 1. The van der Waals surface area contributed by atoms with Gasteiger partial charge in [0.1, 0.15) is 0 Å². The van der Waals surface area contributed by atoms with Crippen LogP contribution < -0.4 is 0 Å². The van der Waals surface area contributed by atoms with Crippen LogP contribution in [0.15, 0.2) is 12.3 Å². The van der Waals surface area contributed by atoms with Crippen LogP contribution >= 0.6 is 0 Å². The van der Waals surface area contributed by atoms with Crippen LogP contribution in [0.25, 0.3) is 11.0 Å². The number of hydrogen-bond donors (Lipinski definition) is 0. The first-order chi connectivity index (χ1) is 11.6. The largest absolute Gasteiger partial charge is 0.335 e. The van der Waals surface area contributed by atoms with Gasteiger partial charge in [0, 0.05) is 31.2 Å². The molecule has 1 saturated carbocycles. The summed E-state index contributed by atoms with van der Waals surface area (Å²) in [5.74, 6) is 0.850. The van der Waals surface area contributed by atoms with Crippen LogP contribution in [0.4, 0.5) is 0 Å². The highest BCUT2D eigenvalue weighted by atomic mass is 16.2. The Morgan fingerprint density at radius 1 is 1.17 bits per heavy atom. The molecule has 1 unspecified atom stereocenters. The summed E-state index contributed by atoms with van der Waals surface area (Å²) in [5, 5.41) is 5.39. The second-order valence-corrected chi connectivity index (χ2v) is 7.41. The Morgan fingerprint density at radius 3 is 2.75 bits per heavy atom. The number of pyridine rings is 1. The zero-order valence-electron chi connectivity index (χ0n) is 14.7. The second-order valence-electron chi connectivity index (χ2n) is 7.41. The molecule has 5 nitrogen and oxygen atoms in total. The Labute approximate surface area is 143 Å². The van der Waals surface area contributed by atoms with Gasteiger partial charge in [0.25, 0.3) is 5.91 Å².